The Hall–Kier alpha value is -1.32. The summed E-state index contributed by atoms with van der Waals surface area (Å²) in [6.45, 7) is 2.11. The van der Waals surface area contributed by atoms with E-state index in [4.69, 9.17) is 0 Å². The fourth-order valence-electron chi connectivity index (χ4n) is 2.83. The normalized spacial score (nSPS) is 18.8. The molecule has 0 saturated carbocycles. The number of benzene rings is 1. The van der Waals surface area contributed by atoms with Gasteiger partial charge in [0.05, 0.1) is 6.10 Å². The first-order chi connectivity index (χ1) is 9.75. The molecule has 0 saturated heterocycles. The van der Waals surface area contributed by atoms with E-state index in [9.17, 15) is 5.11 Å². The number of pyridine rings is 1. The summed E-state index contributed by atoms with van der Waals surface area (Å²) < 4.78 is 0. The monoisotopic (exact) mass is 285 g/mol. The number of aliphatic hydroxyl groups is 1. The topological polar surface area (TPSA) is 33.1 Å². The first-order valence-electron chi connectivity index (χ1n) is 7.06. The van der Waals surface area contributed by atoms with Crippen LogP contribution in [0.15, 0.2) is 47.5 Å². The molecule has 2 unspecified atom stereocenters. The van der Waals surface area contributed by atoms with Crippen LogP contribution in [0, 0.1) is 6.92 Å². The Morgan fingerprint density at radius 2 is 2.15 bits per heavy atom. The van der Waals surface area contributed by atoms with Gasteiger partial charge < -0.3 is 5.11 Å². The van der Waals surface area contributed by atoms with Crippen LogP contribution in [-0.4, -0.2) is 21.9 Å². The standard InChI is InChI=1S/C17H19NOS/c1-12-5-2-3-7-16(12)20-11-15(19)14-9-8-13-6-4-10-18-17(13)14/h2-7,10,14-15,19H,8-9,11H2,1H3. The van der Waals surface area contributed by atoms with Crippen LogP contribution < -0.4 is 0 Å². The number of aliphatic hydroxyl groups excluding tert-OH is 1. The second-order valence-electron chi connectivity index (χ2n) is 5.34. The lowest BCUT2D eigenvalue weighted by atomic mass is 10.0. The number of aryl methyl sites for hydroxylation is 2. The first kappa shape index (κ1) is 13.7. The molecule has 1 aromatic heterocycles. The van der Waals surface area contributed by atoms with Crippen LogP contribution in [0.2, 0.25) is 0 Å². The van der Waals surface area contributed by atoms with Gasteiger partial charge in [-0.3, -0.25) is 4.98 Å². The maximum absolute atomic E-state index is 10.5. The average molecular weight is 285 g/mol. The molecule has 2 nitrogen and oxygen atoms in total. The predicted octanol–water partition coefficient (Wildman–Crippen LogP) is 3.57. The molecular formula is C17H19NOS. The Morgan fingerprint density at radius 3 is 3.00 bits per heavy atom. The lowest BCUT2D eigenvalue weighted by Gasteiger charge is -2.18. The Morgan fingerprint density at radius 1 is 1.30 bits per heavy atom. The van der Waals surface area contributed by atoms with E-state index >= 15 is 0 Å². The number of aromatic nitrogens is 1. The third-order valence-corrected chi connectivity index (χ3v) is 5.25. The highest BCUT2D eigenvalue weighted by atomic mass is 32.2. The van der Waals surface area contributed by atoms with Gasteiger partial charge in [0.1, 0.15) is 0 Å². The van der Waals surface area contributed by atoms with Crippen LogP contribution in [0.4, 0.5) is 0 Å². The van der Waals surface area contributed by atoms with Crippen molar-refractivity contribution >= 4 is 11.8 Å². The Labute approximate surface area is 124 Å². The summed E-state index contributed by atoms with van der Waals surface area (Å²) in [5.74, 6) is 0.925. The highest BCUT2D eigenvalue weighted by molar-refractivity contribution is 7.99. The van der Waals surface area contributed by atoms with Crippen molar-refractivity contribution in [2.45, 2.75) is 36.7 Å². The number of thioether (sulfide) groups is 1. The molecule has 3 rings (SSSR count). The Bertz CT molecular complexity index is 599. The van der Waals surface area contributed by atoms with E-state index in [1.807, 2.05) is 24.4 Å². The molecule has 0 bridgehead atoms. The summed E-state index contributed by atoms with van der Waals surface area (Å²) in [5.41, 5.74) is 3.68. The average Bonchev–Trinajstić information content (AvgIpc) is 2.90. The van der Waals surface area contributed by atoms with E-state index in [0.29, 0.717) is 0 Å². The molecule has 1 aliphatic carbocycles. The molecule has 1 heterocycles. The van der Waals surface area contributed by atoms with Gasteiger partial charge in [-0.15, -0.1) is 11.8 Å². The maximum Gasteiger partial charge on any atom is 0.0717 e. The van der Waals surface area contributed by atoms with Crippen LogP contribution in [0.5, 0.6) is 0 Å². The highest BCUT2D eigenvalue weighted by Crippen LogP contribution is 2.35. The van der Waals surface area contributed by atoms with Gasteiger partial charge >= 0.3 is 0 Å². The van der Waals surface area contributed by atoms with E-state index < -0.39 is 0 Å². The summed E-state index contributed by atoms with van der Waals surface area (Å²) in [6, 6.07) is 12.4. The predicted molar refractivity (Wildman–Crippen MR) is 83.2 cm³/mol. The molecule has 2 aromatic rings. The third-order valence-electron chi connectivity index (χ3n) is 3.97. The van der Waals surface area contributed by atoms with E-state index in [2.05, 4.69) is 30.1 Å². The van der Waals surface area contributed by atoms with E-state index in [1.54, 1.807) is 11.8 Å². The van der Waals surface area contributed by atoms with Gasteiger partial charge in [-0.05, 0) is 43.0 Å². The molecule has 3 heteroatoms. The largest absolute Gasteiger partial charge is 0.392 e. The zero-order valence-corrected chi connectivity index (χ0v) is 12.4. The smallest absolute Gasteiger partial charge is 0.0717 e. The van der Waals surface area contributed by atoms with Crippen LogP contribution in [-0.2, 0) is 6.42 Å². The SMILES string of the molecule is Cc1ccccc1SCC(O)C1CCc2cccnc21. The summed E-state index contributed by atoms with van der Waals surface area (Å²) in [7, 11) is 0. The fourth-order valence-corrected chi connectivity index (χ4v) is 3.88. The van der Waals surface area contributed by atoms with Crippen molar-refractivity contribution in [3.8, 4) is 0 Å². The van der Waals surface area contributed by atoms with Crippen molar-refractivity contribution < 1.29 is 5.11 Å². The number of nitrogens with zero attached hydrogens (tertiary/aromatic N) is 1. The van der Waals surface area contributed by atoms with Gasteiger partial charge in [0.2, 0.25) is 0 Å². The molecule has 0 radical (unpaired) electrons. The second kappa shape index (κ2) is 5.98. The Kier molecular flexibility index (Phi) is 4.08. The molecule has 1 N–H and O–H groups in total. The lowest BCUT2D eigenvalue weighted by molar-refractivity contribution is 0.165. The molecule has 0 amide bonds. The zero-order valence-electron chi connectivity index (χ0n) is 11.6. The minimum Gasteiger partial charge on any atom is -0.392 e. The Balaban J connectivity index is 1.66. The summed E-state index contributed by atoms with van der Waals surface area (Å²) in [4.78, 5) is 5.72. The quantitative estimate of drug-likeness (QED) is 0.872. The summed E-state index contributed by atoms with van der Waals surface area (Å²) in [6.07, 6.45) is 3.57. The van der Waals surface area contributed by atoms with Gasteiger partial charge in [0.25, 0.3) is 0 Å². The first-order valence-corrected chi connectivity index (χ1v) is 8.04. The van der Waals surface area contributed by atoms with Crippen molar-refractivity contribution in [2.75, 3.05) is 5.75 Å². The van der Waals surface area contributed by atoms with Crippen LogP contribution in [0.3, 0.4) is 0 Å². The van der Waals surface area contributed by atoms with Gasteiger partial charge in [0, 0.05) is 28.5 Å². The van der Waals surface area contributed by atoms with Crippen molar-refractivity contribution in [2.24, 2.45) is 0 Å². The van der Waals surface area contributed by atoms with Gasteiger partial charge in [-0.1, -0.05) is 24.3 Å². The molecule has 20 heavy (non-hydrogen) atoms. The third kappa shape index (κ3) is 2.74. The van der Waals surface area contributed by atoms with Gasteiger partial charge in [-0.2, -0.15) is 0 Å². The van der Waals surface area contributed by atoms with E-state index in [-0.39, 0.29) is 12.0 Å². The van der Waals surface area contributed by atoms with E-state index in [1.165, 1.54) is 16.0 Å². The number of hydrogen-bond acceptors (Lipinski definition) is 3. The molecule has 0 spiro atoms. The fraction of sp³-hybridized carbons (Fsp3) is 0.353. The summed E-state index contributed by atoms with van der Waals surface area (Å²) in [5, 5.41) is 10.5. The molecule has 0 aliphatic heterocycles. The van der Waals surface area contributed by atoms with Crippen LogP contribution >= 0.6 is 11.8 Å². The maximum atomic E-state index is 10.5. The molecular weight excluding hydrogens is 266 g/mol. The van der Waals surface area contributed by atoms with Crippen molar-refractivity contribution in [3.05, 3.63) is 59.4 Å². The van der Waals surface area contributed by atoms with Crippen LogP contribution in [0.25, 0.3) is 0 Å². The number of hydrogen-bond donors (Lipinski definition) is 1. The van der Waals surface area contributed by atoms with Crippen molar-refractivity contribution in [1.29, 1.82) is 0 Å². The minimum atomic E-state index is -0.323. The van der Waals surface area contributed by atoms with Crippen LogP contribution in [0.1, 0.15) is 29.2 Å². The molecule has 1 aliphatic rings. The molecule has 104 valence electrons. The molecule has 0 fully saturated rings. The van der Waals surface area contributed by atoms with Crippen molar-refractivity contribution in [3.63, 3.8) is 0 Å². The number of rotatable bonds is 4. The second-order valence-corrected chi connectivity index (χ2v) is 6.40. The molecule has 1 aromatic carbocycles. The number of fused-ring (bicyclic) bond motifs is 1. The molecule has 2 atom stereocenters. The van der Waals surface area contributed by atoms with Gasteiger partial charge in [-0.25, -0.2) is 0 Å². The van der Waals surface area contributed by atoms with Gasteiger partial charge in [0.15, 0.2) is 0 Å². The highest BCUT2D eigenvalue weighted by Gasteiger charge is 2.29. The zero-order chi connectivity index (χ0) is 13.9. The minimum absolute atomic E-state index is 0.197. The van der Waals surface area contributed by atoms with Crippen molar-refractivity contribution in [1.82, 2.24) is 4.98 Å². The summed E-state index contributed by atoms with van der Waals surface area (Å²) >= 11 is 1.74. The lowest BCUT2D eigenvalue weighted by Crippen LogP contribution is -2.20. The van der Waals surface area contributed by atoms with E-state index in [0.717, 1.165) is 24.3 Å².